The predicted molar refractivity (Wildman–Crippen MR) is 76.7 cm³/mol. The van der Waals surface area contributed by atoms with Crippen LogP contribution in [0.15, 0.2) is 30.0 Å². The lowest BCUT2D eigenvalue weighted by Gasteiger charge is -2.09. The largest absolute Gasteiger partial charge is 0.323 e. The molecule has 0 aliphatic heterocycles. The van der Waals surface area contributed by atoms with Gasteiger partial charge in [-0.15, -0.1) is 0 Å². The van der Waals surface area contributed by atoms with E-state index in [4.69, 9.17) is 0 Å². The van der Waals surface area contributed by atoms with E-state index in [1.54, 1.807) is 6.20 Å². The minimum atomic E-state index is -0.208. The first kappa shape index (κ1) is 14.3. The van der Waals surface area contributed by atoms with Gasteiger partial charge in [-0.2, -0.15) is 0 Å². The SMILES string of the molecule is C/C(=C\NC(=O)Nc1cc(C)cc(C)c1)C(C)C. The van der Waals surface area contributed by atoms with Crippen molar-refractivity contribution >= 4 is 11.7 Å². The van der Waals surface area contributed by atoms with Gasteiger partial charge in [0.2, 0.25) is 0 Å². The maximum Gasteiger partial charge on any atom is 0.323 e. The van der Waals surface area contributed by atoms with E-state index in [1.165, 1.54) is 0 Å². The Balaban J connectivity index is 2.62. The van der Waals surface area contributed by atoms with E-state index in [-0.39, 0.29) is 6.03 Å². The summed E-state index contributed by atoms with van der Waals surface area (Å²) >= 11 is 0. The third kappa shape index (κ3) is 4.62. The summed E-state index contributed by atoms with van der Waals surface area (Å²) in [6.07, 6.45) is 1.75. The molecule has 1 aromatic rings. The molecule has 2 N–H and O–H groups in total. The second-order valence-electron chi connectivity index (χ2n) is 5.02. The van der Waals surface area contributed by atoms with Crippen LogP contribution < -0.4 is 10.6 Å². The number of rotatable bonds is 3. The number of carbonyl (C=O) groups excluding carboxylic acids is 1. The zero-order valence-electron chi connectivity index (χ0n) is 11.8. The standard InChI is InChI=1S/C15H22N2O/c1-10(2)13(5)9-16-15(18)17-14-7-11(3)6-12(4)8-14/h6-10H,1-5H3,(H2,16,17,18)/b13-9+. The zero-order valence-corrected chi connectivity index (χ0v) is 11.8. The van der Waals surface area contributed by atoms with Crippen LogP contribution in [-0.2, 0) is 0 Å². The molecule has 3 nitrogen and oxygen atoms in total. The summed E-state index contributed by atoms with van der Waals surface area (Å²) in [6, 6.07) is 5.77. The topological polar surface area (TPSA) is 41.1 Å². The molecule has 0 saturated heterocycles. The van der Waals surface area contributed by atoms with E-state index in [0.29, 0.717) is 5.92 Å². The zero-order chi connectivity index (χ0) is 13.7. The molecule has 0 heterocycles. The quantitative estimate of drug-likeness (QED) is 0.832. The summed E-state index contributed by atoms with van der Waals surface area (Å²) in [4.78, 5) is 11.7. The van der Waals surface area contributed by atoms with Gasteiger partial charge in [-0.3, -0.25) is 0 Å². The van der Waals surface area contributed by atoms with Crippen LogP contribution in [0.1, 0.15) is 31.9 Å². The van der Waals surface area contributed by atoms with Gasteiger partial charge >= 0.3 is 6.03 Å². The maximum absolute atomic E-state index is 11.7. The highest BCUT2D eigenvalue weighted by Gasteiger charge is 2.02. The van der Waals surface area contributed by atoms with Crippen molar-refractivity contribution in [2.45, 2.75) is 34.6 Å². The lowest BCUT2D eigenvalue weighted by Crippen LogP contribution is -2.24. The van der Waals surface area contributed by atoms with Gasteiger partial charge in [0.25, 0.3) is 0 Å². The van der Waals surface area contributed by atoms with Gasteiger partial charge in [0, 0.05) is 11.9 Å². The predicted octanol–water partition coefficient (Wildman–Crippen LogP) is 3.98. The molecule has 0 bridgehead atoms. The molecule has 0 aliphatic carbocycles. The number of amides is 2. The molecule has 0 spiro atoms. The molecule has 0 aromatic heterocycles. The minimum absolute atomic E-state index is 0.208. The summed E-state index contributed by atoms with van der Waals surface area (Å²) in [5.74, 6) is 0.437. The van der Waals surface area contributed by atoms with Gasteiger partial charge in [0.1, 0.15) is 0 Å². The molecule has 1 aromatic carbocycles. The average molecular weight is 246 g/mol. The summed E-state index contributed by atoms with van der Waals surface area (Å²) in [5, 5.41) is 5.56. The van der Waals surface area contributed by atoms with Gasteiger partial charge in [0.15, 0.2) is 0 Å². The van der Waals surface area contributed by atoms with Crippen LogP contribution in [-0.4, -0.2) is 6.03 Å². The number of urea groups is 1. The van der Waals surface area contributed by atoms with Gasteiger partial charge in [-0.1, -0.05) is 25.5 Å². The maximum atomic E-state index is 11.7. The van der Waals surface area contributed by atoms with E-state index < -0.39 is 0 Å². The fourth-order valence-electron chi connectivity index (χ4n) is 1.56. The Kier molecular flexibility index (Phi) is 4.95. The van der Waals surface area contributed by atoms with E-state index in [1.807, 2.05) is 32.9 Å². The highest BCUT2D eigenvalue weighted by atomic mass is 16.2. The number of nitrogens with one attached hydrogen (secondary N) is 2. The van der Waals surface area contributed by atoms with Crippen LogP contribution in [0.4, 0.5) is 10.5 Å². The highest BCUT2D eigenvalue weighted by molar-refractivity contribution is 5.90. The van der Waals surface area contributed by atoms with Crippen LogP contribution in [0.3, 0.4) is 0 Å². The smallest absolute Gasteiger partial charge is 0.314 e. The van der Waals surface area contributed by atoms with Crippen molar-refractivity contribution in [2.24, 2.45) is 5.92 Å². The van der Waals surface area contributed by atoms with Crippen LogP contribution in [0.2, 0.25) is 0 Å². The summed E-state index contributed by atoms with van der Waals surface area (Å²) < 4.78 is 0. The fourth-order valence-corrected chi connectivity index (χ4v) is 1.56. The molecule has 98 valence electrons. The molecular weight excluding hydrogens is 224 g/mol. The van der Waals surface area contributed by atoms with Crippen LogP contribution in [0.25, 0.3) is 0 Å². The number of benzene rings is 1. The van der Waals surface area contributed by atoms with Crippen molar-refractivity contribution in [3.05, 3.63) is 41.1 Å². The van der Waals surface area contributed by atoms with E-state index in [2.05, 4.69) is 30.5 Å². The van der Waals surface area contributed by atoms with E-state index in [9.17, 15) is 4.79 Å². The molecule has 18 heavy (non-hydrogen) atoms. The summed E-state index contributed by atoms with van der Waals surface area (Å²) in [6.45, 7) is 10.2. The third-order valence-corrected chi connectivity index (χ3v) is 2.82. The number of aryl methyl sites for hydroxylation is 2. The number of hydrogen-bond donors (Lipinski definition) is 2. The molecule has 0 unspecified atom stereocenters. The van der Waals surface area contributed by atoms with E-state index in [0.717, 1.165) is 22.4 Å². The molecule has 2 amide bonds. The Bertz CT molecular complexity index is 441. The monoisotopic (exact) mass is 246 g/mol. The average Bonchev–Trinajstić information content (AvgIpc) is 2.24. The molecule has 3 heteroatoms. The lowest BCUT2D eigenvalue weighted by molar-refractivity contribution is 0.255. The second kappa shape index (κ2) is 6.24. The van der Waals surface area contributed by atoms with Crippen LogP contribution in [0, 0.1) is 19.8 Å². The molecule has 0 saturated carbocycles. The van der Waals surface area contributed by atoms with Crippen molar-refractivity contribution in [2.75, 3.05) is 5.32 Å². The Morgan fingerprint density at radius 1 is 1.17 bits per heavy atom. The van der Waals surface area contributed by atoms with Crippen LogP contribution >= 0.6 is 0 Å². The molecule has 0 aliphatic rings. The number of anilines is 1. The second-order valence-corrected chi connectivity index (χ2v) is 5.02. The Morgan fingerprint density at radius 2 is 1.72 bits per heavy atom. The van der Waals surface area contributed by atoms with Crippen molar-refractivity contribution in [3.63, 3.8) is 0 Å². The Labute approximate surface area is 109 Å². The molecular formula is C15H22N2O. The first-order valence-corrected chi connectivity index (χ1v) is 6.21. The molecule has 0 radical (unpaired) electrons. The molecule has 0 atom stereocenters. The first-order chi connectivity index (χ1) is 8.38. The van der Waals surface area contributed by atoms with Crippen molar-refractivity contribution in [3.8, 4) is 0 Å². The van der Waals surface area contributed by atoms with Gasteiger partial charge in [-0.25, -0.2) is 4.79 Å². The fraction of sp³-hybridized carbons (Fsp3) is 0.400. The summed E-state index contributed by atoms with van der Waals surface area (Å²) in [7, 11) is 0. The highest BCUT2D eigenvalue weighted by Crippen LogP contribution is 2.13. The lowest BCUT2D eigenvalue weighted by atomic mass is 10.1. The molecule has 1 rings (SSSR count). The van der Waals surface area contributed by atoms with Crippen molar-refractivity contribution < 1.29 is 4.79 Å². The normalized spacial score (nSPS) is 11.6. The minimum Gasteiger partial charge on any atom is -0.314 e. The van der Waals surface area contributed by atoms with Gasteiger partial charge in [0.05, 0.1) is 0 Å². The van der Waals surface area contributed by atoms with Crippen molar-refractivity contribution in [1.29, 1.82) is 0 Å². The third-order valence-electron chi connectivity index (χ3n) is 2.82. The Hall–Kier alpha value is -1.77. The number of carbonyl (C=O) groups is 1. The van der Waals surface area contributed by atoms with E-state index >= 15 is 0 Å². The number of hydrogen-bond acceptors (Lipinski definition) is 1. The van der Waals surface area contributed by atoms with Gasteiger partial charge in [-0.05, 0) is 49.9 Å². The summed E-state index contributed by atoms with van der Waals surface area (Å²) in [5.41, 5.74) is 4.24. The van der Waals surface area contributed by atoms with Crippen LogP contribution in [0.5, 0.6) is 0 Å². The van der Waals surface area contributed by atoms with Gasteiger partial charge < -0.3 is 10.6 Å². The Morgan fingerprint density at radius 3 is 2.22 bits per heavy atom. The number of allylic oxidation sites excluding steroid dienone is 1. The first-order valence-electron chi connectivity index (χ1n) is 6.21. The molecule has 0 fully saturated rings. The van der Waals surface area contributed by atoms with Crippen molar-refractivity contribution in [1.82, 2.24) is 5.32 Å².